The molecule has 27 heavy (non-hydrogen) atoms. The van der Waals surface area contributed by atoms with Gasteiger partial charge in [0.1, 0.15) is 17.3 Å². The zero-order chi connectivity index (χ0) is 19.7. The Labute approximate surface area is 157 Å². The summed E-state index contributed by atoms with van der Waals surface area (Å²) in [5.41, 5.74) is -0.708. The van der Waals surface area contributed by atoms with Crippen LogP contribution in [0.1, 0.15) is 37.9 Å². The standard InChI is InChI=1S/C19H24F3N5/c1-18(2,3)17-24-8-6-15(25-17)27-11-9-26(10-12-27)13-14-5-4-7-23-16(14)19(20,21)22/h4-8H,9-13H2,1-3H3. The van der Waals surface area contributed by atoms with Gasteiger partial charge in [-0.25, -0.2) is 9.97 Å². The number of piperazine rings is 1. The van der Waals surface area contributed by atoms with E-state index in [2.05, 4.69) is 40.6 Å². The molecule has 0 unspecified atom stereocenters. The zero-order valence-corrected chi connectivity index (χ0v) is 15.8. The van der Waals surface area contributed by atoms with Crippen LogP contribution in [0.15, 0.2) is 30.6 Å². The molecule has 2 aromatic rings. The van der Waals surface area contributed by atoms with Crippen LogP contribution in [0.4, 0.5) is 19.0 Å². The van der Waals surface area contributed by atoms with Crippen LogP contribution in [-0.4, -0.2) is 46.0 Å². The van der Waals surface area contributed by atoms with Crippen molar-refractivity contribution in [3.63, 3.8) is 0 Å². The monoisotopic (exact) mass is 379 g/mol. The van der Waals surface area contributed by atoms with E-state index in [1.54, 1.807) is 12.3 Å². The first kappa shape index (κ1) is 19.5. The lowest BCUT2D eigenvalue weighted by atomic mass is 9.96. The van der Waals surface area contributed by atoms with Gasteiger partial charge >= 0.3 is 6.18 Å². The fraction of sp³-hybridized carbons (Fsp3) is 0.526. The summed E-state index contributed by atoms with van der Waals surface area (Å²) in [5.74, 6) is 1.65. The van der Waals surface area contributed by atoms with Gasteiger partial charge in [-0.3, -0.25) is 9.88 Å². The Hall–Kier alpha value is -2.22. The highest BCUT2D eigenvalue weighted by Crippen LogP contribution is 2.31. The molecule has 1 saturated heterocycles. The van der Waals surface area contributed by atoms with Gasteiger partial charge in [-0.15, -0.1) is 0 Å². The average Bonchev–Trinajstić information content (AvgIpc) is 2.61. The first-order valence-electron chi connectivity index (χ1n) is 8.96. The van der Waals surface area contributed by atoms with E-state index in [4.69, 9.17) is 0 Å². The minimum atomic E-state index is -4.43. The van der Waals surface area contributed by atoms with Crippen molar-refractivity contribution in [3.05, 3.63) is 47.7 Å². The zero-order valence-electron chi connectivity index (χ0n) is 15.8. The van der Waals surface area contributed by atoms with E-state index < -0.39 is 11.9 Å². The lowest BCUT2D eigenvalue weighted by Gasteiger charge is -2.36. The molecule has 0 N–H and O–H groups in total. The molecular formula is C19H24F3N5. The molecule has 3 rings (SSSR count). The minimum absolute atomic E-state index is 0.133. The molecule has 8 heteroatoms. The van der Waals surface area contributed by atoms with Crippen LogP contribution in [0.5, 0.6) is 0 Å². The van der Waals surface area contributed by atoms with Crippen molar-refractivity contribution in [3.8, 4) is 0 Å². The van der Waals surface area contributed by atoms with Crippen LogP contribution >= 0.6 is 0 Å². The number of pyridine rings is 1. The first-order chi connectivity index (χ1) is 12.6. The highest BCUT2D eigenvalue weighted by Gasteiger charge is 2.35. The molecule has 0 amide bonds. The van der Waals surface area contributed by atoms with Crippen molar-refractivity contribution >= 4 is 5.82 Å². The Kier molecular flexibility index (Phi) is 5.37. The lowest BCUT2D eigenvalue weighted by molar-refractivity contribution is -0.142. The fourth-order valence-corrected chi connectivity index (χ4v) is 3.08. The van der Waals surface area contributed by atoms with Gasteiger partial charge in [0.2, 0.25) is 0 Å². The van der Waals surface area contributed by atoms with E-state index in [0.29, 0.717) is 26.2 Å². The van der Waals surface area contributed by atoms with Gasteiger partial charge in [-0.05, 0) is 17.7 Å². The van der Waals surface area contributed by atoms with Crippen molar-refractivity contribution in [2.45, 2.75) is 38.9 Å². The van der Waals surface area contributed by atoms with Gasteiger partial charge in [0.05, 0.1) is 0 Å². The molecule has 0 aliphatic carbocycles. The van der Waals surface area contributed by atoms with Gasteiger partial charge in [-0.2, -0.15) is 13.2 Å². The number of alkyl halides is 3. The third-order valence-corrected chi connectivity index (χ3v) is 4.56. The SMILES string of the molecule is CC(C)(C)c1nccc(N2CCN(Cc3cccnc3C(F)(F)F)CC2)n1. The van der Waals surface area contributed by atoms with E-state index in [9.17, 15) is 13.2 Å². The third kappa shape index (κ3) is 4.74. The summed E-state index contributed by atoms with van der Waals surface area (Å²) in [4.78, 5) is 16.7. The van der Waals surface area contributed by atoms with Gasteiger partial charge in [0.15, 0.2) is 0 Å². The van der Waals surface area contributed by atoms with E-state index >= 15 is 0 Å². The number of rotatable bonds is 3. The Bertz CT molecular complexity index is 777. The number of hydrogen-bond donors (Lipinski definition) is 0. The average molecular weight is 379 g/mol. The Balaban J connectivity index is 1.65. The van der Waals surface area contributed by atoms with E-state index in [1.165, 1.54) is 12.3 Å². The van der Waals surface area contributed by atoms with Gasteiger partial charge in [0, 0.05) is 50.5 Å². The predicted octanol–water partition coefficient (Wildman–Crippen LogP) is 3.51. The molecule has 2 aromatic heterocycles. The summed E-state index contributed by atoms with van der Waals surface area (Å²) in [6.45, 7) is 9.20. The summed E-state index contributed by atoms with van der Waals surface area (Å²) in [7, 11) is 0. The largest absolute Gasteiger partial charge is 0.433 e. The van der Waals surface area contributed by atoms with E-state index in [0.717, 1.165) is 11.6 Å². The molecule has 0 radical (unpaired) electrons. The van der Waals surface area contributed by atoms with Crippen LogP contribution in [-0.2, 0) is 18.1 Å². The van der Waals surface area contributed by atoms with Gasteiger partial charge in [-0.1, -0.05) is 26.8 Å². The minimum Gasteiger partial charge on any atom is -0.354 e. The lowest BCUT2D eigenvalue weighted by Crippen LogP contribution is -2.46. The fourth-order valence-electron chi connectivity index (χ4n) is 3.08. The van der Waals surface area contributed by atoms with E-state index in [1.807, 2.05) is 11.0 Å². The van der Waals surface area contributed by atoms with Crippen LogP contribution in [0.2, 0.25) is 0 Å². The van der Waals surface area contributed by atoms with Crippen molar-refractivity contribution in [2.75, 3.05) is 31.1 Å². The molecule has 0 atom stereocenters. The molecular weight excluding hydrogens is 355 g/mol. The van der Waals surface area contributed by atoms with Crippen molar-refractivity contribution in [1.29, 1.82) is 0 Å². The second-order valence-electron chi connectivity index (χ2n) is 7.76. The van der Waals surface area contributed by atoms with Crippen molar-refractivity contribution < 1.29 is 13.2 Å². The molecule has 0 saturated carbocycles. The molecule has 5 nitrogen and oxygen atoms in total. The molecule has 1 fully saturated rings. The summed E-state index contributed by atoms with van der Waals surface area (Å²) in [6, 6.07) is 4.94. The summed E-state index contributed by atoms with van der Waals surface area (Å²) < 4.78 is 39.3. The second-order valence-corrected chi connectivity index (χ2v) is 7.76. The molecule has 3 heterocycles. The highest BCUT2D eigenvalue weighted by molar-refractivity contribution is 5.38. The smallest absolute Gasteiger partial charge is 0.354 e. The topological polar surface area (TPSA) is 45.2 Å². The van der Waals surface area contributed by atoms with Gasteiger partial charge < -0.3 is 4.90 Å². The molecule has 1 aliphatic rings. The summed E-state index contributed by atoms with van der Waals surface area (Å²) in [5, 5.41) is 0. The number of halogens is 3. The van der Waals surface area contributed by atoms with Crippen LogP contribution in [0.25, 0.3) is 0 Å². The molecule has 1 aliphatic heterocycles. The Morgan fingerprint density at radius 1 is 0.963 bits per heavy atom. The van der Waals surface area contributed by atoms with E-state index in [-0.39, 0.29) is 17.5 Å². The van der Waals surface area contributed by atoms with Crippen LogP contribution in [0, 0.1) is 0 Å². The number of hydrogen-bond acceptors (Lipinski definition) is 5. The second kappa shape index (κ2) is 7.42. The third-order valence-electron chi connectivity index (χ3n) is 4.56. The van der Waals surface area contributed by atoms with Crippen LogP contribution < -0.4 is 4.90 Å². The summed E-state index contributed by atoms with van der Waals surface area (Å²) >= 11 is 0. The Morgan fingerprint density at radius 2 is 1.67 bits per heavy atom. The number of anilines is 1. The predicted molar refractivity (Wildman–Crippen MR) is 97.5 cm³/mol. The van der Waals surface area contributed by atoms with Crippen LogP contribution in [0.3, 0.4) is 0 Å². The maximum absolute atomic E-state index is 13.1. The molecule has 0 aromatic carbocycles. The van der Waals surface area contributed by atoms with Crippen molar-refractivity contribution in [2.24, 2.45) is 0 Å². The van der Waals surface area contributed by atoms with Crippen molar-refractivity contribution in [1.82, 2.24) is 19.9 Å². The number of aromatic nitrogens is 3. The first-order valence-corrected chi connectivity index (χ1v) is 8.96. The number of nitrogens with zero attached hydrogens (tertiary/aromatic N) is 5. The highest BCUT2D eigenvalue weighted by atomic mass is 19.4. The quantitative estimate of drug-likeness (QED) is 0.817. The maximum atomic E-state index is 13.1. The normalized spacial score (nSPS) is 16.6. The molecule has 0 bridgehead atoms. The Morgan fingerprint density at radius 3 is 2.30 bits per heavy atom. The maximum Gasteiger partial charge on any atom is 0.433 e. The summed E-state index contributed by atoms with van der Waals surface area (Å²) in [6.07, 6.45) is -1.48. The molecule has 146 valence electrons. The van der Waals surface area contributed by atoms with Gasteiger partial charge in [0.25, 0.3) is 0 Å². The molecule has 0 spiro atoms.